The lowest BCUT2D eigenvalue weighted by atomic mass is 9.88. The van der Waals surface area contributed by atoms with Gasteiger partial charge in [-0.3, -0.25) is 9.59 Å². The van der Waals surface area contributed by atoms with Gasteiger partial charge in [-0.2, -0.15) is 0 Å². The van der Waals surface area contributed by atoms with E-state index in [0.29, 0.717) is 6.42 Å². The maximum atomic E-state index is 12.2. The monoisotopic (exact) mass is 410 g/mol. The average molecular weight is 411 g/mol. The molecule has 1 unspecified atom stereocenters. The number of carboxylic acids is 1. The van der Waals surface area contributed by atoms with Gasteiger partial charge in [-0.1, -0.05) is 83.3 Å². The van der Waals surface area contributed by atoms with E-state index in [1.807, 2.05) is 6.08 Å². The van der Waals surface area contributed by atoms with E-state index in [9.17, 15) is 19.8 Å². The van der Waals surface area contributed by atoms with Crippen LogP contribution in [0.2, 0.25) is 0 Å². The first-order valence-electron chi connectivity index (χ1n) is 11.7. The third-order valence-electron chi connectivity index (χ3n) is 6.05. The second kappa shape index (κ2) is 15.6. The van der Waals surface area contributed by atoms with Gasteiger partial charge < -0.3 is 15.3 Å². The second-order valence-electron chi connectivity index (χ2n) is 8.63. The van der Waals surface area contributed by atoms with E-state index in [-0.39, 0.29) is 30.5 Å². The minimum Gasteiger partial charge on any atom is -0.481 e. The van der Waals surface area contributed by atoms with Gasteiger partial charge in [0, 0.05) is 24.7 Å². The summed E-state index contributed by atoms with van der Waals surface area (Å²) in [6.45, 7) is 2.21. The Morgan fingerprint density at radius 2 is 1.66 bits per heavy atom. The van der Waals surface area contributed by atoms with Crippen LogP contribution in [0.15, 0.2) is 12.2 Å². The van der Waals surface area contributed by atoms with Crippen molar-refractivity contribution in [2.45, 2.75) is 115 Å². The van der Waals surface area contributed by atoms with Gasteiger partial charge in [0.05, 0.1) is 12.2 Å². The smallest absolute Gasteiger partial charge is 0.303 e. The summed E-state index contributed by atoms with van der Waals surface area (Å²) < 4.78 is 0. The number of ketones is 1. The highest BCUT2D eigenvalue weighted by atomic mass is 16.4. The highest BCUT2D eigenvalue weighted by Gasteiger charge is 2.39. The van der Waals surface area contributed by atoms with Crippen LogP contribution in [0.4, 0.5) is 0 Å². The van der Waals surface area contributed by atoms with Gasteiger partial charge in [-0.25, -0.2) is 0 Å². The van der Waals surface area contributed by atoms with Crippen molar-refractivity contribution in [1.82, 2.24) is 0 Å². The zero-order valence-corrected chi connectivity index (χ0v) is 18.2. The van der Waals surface area contributed by atoms with Crippen LogP contribution in [0.5, 0.6) is 0 Å². The van der Waals surface area contributed by atoms with Crippen LogP contribution in [0.25, 0.3) is 0 Å². The van der Waals surface area contributed by atoms with E-state index in [0.717, 1.165) is 44.9 Å². The van der Waals surface area contributed by atoms with E-state index in [2.05, 4.69) is 6.92 Å². The molecule has 0 aromatic carbocycles. The number of aliphatic carboxylic acids is 1. The number of aliphatic hydroxyl groups is 2. The van der Waals surface area contributed by atoms with E-state index < -0.39 is 18.2 Å². The Morgan fingerprint density at radius 1 is 1.03 bits per heavy atom. The summed E-state index contributed by atoms with van der Waals surface area (Å²) >= 11 is 0. The number of carbonyl (C=O) groups excluding carboxylic acids is 1. The quantitative estimate of drug-likeness (QED) is 0.231. The summed E-state index contributed by atoms with van der Waals surface area (Å²) in [6.07, 6.45) is 16.1. The number of unbranched alkanes of at least 4 members (excludes halogenated alkanes) is 9. The van der Waals surface area contributed by atoms with Gasteiger partial charge in [-0.05, 0) is 19.3 Å². The van der Waals surface area contributed by atoms with Crippen molar-refractivity contribution in [2.75, 3.05) is 0 Å². The van der Waals surface area contributed by atoms with Crippen molar-refractivity contribution >= 4 is 11.8 Å². The number of Topliss-reactive ketones (excluding diaryl/α,β-unsaturated/α-hetero) is 1. The van der Waals surface area contributed by atoms with Crippen molar-refractivity contribution in [3.8, 4) is 0 Å². The summed E-state index contributed by atoms with van der Waals surface area (Å²) in [7, 11) is 0. The number of rotatable bonds is 17. The maximum absolute atomic E-state index is 12.2. The van der Waals surface area contributed by atoms with E-state index >= 15 is 0 Å². The van der Waals surface area contributed by atoms with Crippen LogP contribution < -0.4 is 0 Å². The second-order valence-corrected chi connectivity index (χ2v) is 8.63. The Morgan fingerprint density at radius 3 is 2.34 bits per heavy atom. The lowest BCUT2D eigenvalue weighted by molar-refractivity contribution is -0.137. The zero-order valence-electron chi connectivity index (χ0n) is 18.2. The molecule has 0 saturated heterocycles. The molecular formula is C24H42O5. The highest BCUT2D eigenvalue weighted by molar-refractivity contribution is 5.84. The fraction of sp³-hybridized carbons (Fsp3) is 0.833. The molecule has 0 aliphatic heterocycles. The summed E-state index contributed by atoms with van der Waals surface area (Å²) in [5.41, 5.74) is 0. The molecule has 0 aromatic rings. The molecule has 5 heteroatoms. The van der Waals surface area contributed by atoms with Crippen LogP contribution in [0.1, 0.15) is 103 Å². The van der Waals surface area contributed by atoms with Crippen LogP contribution in [-0.2, 0) is 9.59 Å². The molecule has 0 radical (unpaired) electrons. The molecule has 0 bridgehead atoms. The van der Waals surface area contributed by atoms with Crippen molar-refractivity contribution in [2.24, 2.45) is 11.8 Å². The first kappa shape index (κ1) is 25.8. The molecule has 4 atom stereocenters. The van der Waals surface area contributed by atoms with Gasteiger partial charge in [0.15, 0.2) is 0 Å². The number of carboxylic acid groups (broad SMARTS) is 1. The number of hydrogen-bond donors (Lipinski definition) is 3. The van der Waals surface area contributed by atoms with Gasteiger partial charge >= 0.3 is 5.97 Å². The first-order chi connectivity index (χ1) is 14.0. The van der Waals surface area contributed by atoms with E-state index in [1.165, 1.54) is 32.1 Å². The van der Waals surface area contributed by atoms with Gasteiger partial charge in [-0.15, -0.1) is 0 Å². The molecule has 29 heavy (non-hydrogen) atoms. The fourth-order valence-corrected chi connectivity index (χ4v) is 4.25. The summed E-state index contributed by atoms with van der Waals surface area (Å²) in [6, 6.07) is 0. The third-order valence-corrected chi connectivity index (χ3v) is 6.05. The Hall–Kier alpha value is -1.20. The van der Waals surface area contributed by atoms with E-state index in [1.54, 1.807) is 6.08 Å². The Labute approximate surface area is 176 Å². The molecule has 0 heterocycles. The van der Waals surface area contributed by atoms with Crippen molar-refractivity contribution in [3.05, 3.63) is 12.2 Å². The highest BCUT2D eigenvalue weighted by Crippen LogP contribution is 2.34. The average Bonchev–Trinajstić information content (AvgIpc) is 2.94. The molecule has 1 fully saturated rings. The molecule has 3 N–H and O–H groups in total. The molecule has 1 rings (SSSR count). The Bertz CT molecular complexity index is 488. The van der Waals surface area contributed by atoms with Gasteiger partial charge in [0.2, 0.25) is 0 Å². The van der Waals surface area contributed by atoms with Crippen LogP contribution in [-0.4, -0.2) is 39.3 Å². The minimum atomic E-state index is -0.764. The summed E-state index contributed by atoms with van der Waals surface area (Å²) in [4.78, 5) is 22.8. The van der Waals surface area contributed by atoms with Gasteiger partial charge in [0.1, 0.15) is 5.78 Å². The molecule has 0 amide bonds. The molecular weight excluding hydrogens is 368 g/mol. The van der Waals surface area contributed by atoms with Crippen LogP contribution in [0, 0.1) is 11.8 Å². The SMILES string of the molecule is CCCCCCCCC[C@H](O)/C=C/C1[C@H](O)CC(=O)[C@@H]1CCCCCCC(=O)O. The Kier molecular flexibility index (Phi) is 13.9. The van der Waals surface area contributed by atoms with Crippen molar-refractivity contribution in [1.29, 1.82) is 0 Å². The van der Waals surface area contributed by atoms with Crippen LogP contribution in [0.3, 0.4) is 0 Å². The van der Waals surface area contributed by atoms with E-state index in [4.69, 9.17) is 5.11 Å². The maximum Gasteiger partial charge on any atom is 0.303 e. The number of carbonyl (C=O) groups is 2. The lowest BCUT2D eigenvalue weighted by Gasteiger charge is -2.18. The molecule has 5 nitrogen and oxygen atoms in total. The summed E-state index contributed by atoms with van der Waals surface area (Å²) in [5, 5.41) is 29.1. The fourth-order valence-electron chi connectivity index (χ4n) is 4.25. The molecule has 168 valence electrons. The first-order valence-corrected chi connectivity index (χ1v) is 11.7. The molecule has 1 aliphatic carbocycles. The molecule has 1 saturated carbocycles. The van der Waals surface area contributed by atoms with Gasteiger partial charge in [0.25, 0.3) is 0 Å². The lowest BCUT2D eigenvalue weighted by Crippen LogP contribution is -2.19. The topological polar surface area (TPSA) is 94.8 Å². The predicted octanol–water partition coefficient (Wildman–Crippen LogP) is 5.04. The zero-order chi connectivity index (χ0) is 21.5. The normalized spacial score (nSPS) is 23.1. The van der Waals surface area contributed by atoms with Crippen molar-refractivity contribution in [3.63, 3.8) is 0 Å². The molecule has 0 aromatic heterocycles. The minimum absolute atomic E-state index is 0.110. The number of aliphatic hydroxyl groups excluding tert-OH is 2. The standard InChI is InChI=1S/C24H42O5/c1-2-3-4-5-6-7-10-13-19(25)16-17-21-20(22(26)18-23(21)27)14-11-8-9-12-15-24(28)29/h16-17,19-21,23,25,27H,2-15,18H2,1H3,(H,28,29)/b17-16+/t19-,20+,21?,23+/m0/s1. The largest absolute Gasteiger partial charge is 0.481 e. The third kappa shape index (κ3) is 11.5. The van der Waals surface area contributed by atoms with Crippen LogP contribution >= 0.6 is 0 Å². The molecule has 0 spiro atoms. The molecule has 1 aliphatic rings. The summed E-state index contributed by atoms with van der Waals surface area (Å²) in [5.74, 6) is -1.03. The Balaban J connectivity index is 2.29. The predicted molar refractivity (Wildman–Crippen MR) is 116 cm³/mol. The van der Waals surface area contributed by atoms with Crippen molar-refractivity contribution < 1.29 is 24.9 Å². The number of hydrogen-bond acceptors (Lipinski definition) is 4.